The fourth-order valence-electron chi connectivity index (χ4n) is 4.78. The molecule has 2 amide bonds. The maximum Gasteiger partial charge on any atom is 1.00 e. The molecular weight excluding hydrogens is 559 g/mol. The van der Waals surface area contributed by atoms with E-state index >= 15 is 0 Å². The number of carboxylic acid groups (broad SMARTS) is 1. The number of esters is 1. The predicted octanol–water partition coefficient (Wildman–Crippen LogP) is 0.599. The van der Waals surface area contributed by atoms with Gasteiger partial charge in [-0.05, 0) is 68.2 Å². The fourth-order valence-corrected chi connectivity index (χ4v) is 4.78. The Morgan fingerprint density at radius 2 is 1.16 bits per heavy atom. The summed E-state index contributed by atoms with van der Waals surface area (Å²) in [5.41, 5.74) is -3.66. The van der Waals surface area contributed by atoms with Crippen LogP contribution in [0.15, 0.2) is 25.3 Å². The first-order chi connectivity index (χ1) is 18.6. The van der Waals surface area contributed by atoms with Crippen LogP contribution < -0.4 is 18.9 Å². The van der Waals surface area contributed by atoms with Crippen molar-refractivity contribution < 1.29 is 72.4 Å². The predicted molar refractivity (Wildman–Crippen MR) is 151 cm³/mol. The minimum absolute atomic E-state index is 0. The van der Waals surface area contributed by atoms with Crippen LogP contribution >= 0.6 is 0 Å². The van der Waals surface area contributed by atoms with Crippen LogP contribution in [0.2, 0.25) is 0 Å². The van der Waals surface area contributed by atoms with Gasteiger partial charge in [-0.25, -0.2) is 19.2 Å². The fraction of sp³-hybridized carbons (Fsp3) is 0.655. The van der Waals surface area contributed by atoms with Crippen LogP contribution in [0.1, 0.15) is 68.2 Å². The van der Waals surface area contributed by atoms with Crippen LogP contribution in [0.4, 0.5) is 9.59 Å². The number of allylic oxidation sites excluding steroid dienone is 2. The number of hydrogen-bond donors (Lipinski definition) is 1. The third kappa shape index (κ3) is 9.94. The second-order valence-electron chi connectivity index (χ2n) is 12.5. The standard InChI is InChI=1S/C15H23NO5.C14H21NO5.Li.H2O/c1-7-8-15(5)10(17)9-16(11(15)12(18)20-6)13(19)21-14(2,3)4;1-6-7-14(5)9(16)8-15(10(14)11(17)18)12(19)20-13(2,3)4;;/h7,11H,1,8-9H2,2-6H3;6,10H,1,7-8H2,2-5H3,(H,17,18);;1H2/q;;+1;/p-1/t11-,15-;10-,14-;;/m11../s1. The van der Waals surface area contributed by atoms with Crippen LogP contribution in [-0.4, -0.2) is 99.6 Å². The third-order valence-corrected chi connectivity index (χ3v) is 6.78. The van der Waals surface area contributed by atoms with Crippen molar-refractivity contribution >= 4 is 35.7 Å². The number of carbonyl (C=O) groups excluding carboxylic acids is 5. The van der Waals surface area contributed by atoms with Gasteiger partial charge in [0.1, 0.15) is 23.3 Å². The summed E-state index contributed by atoms with van der Waals surface area (Å²) in [5.74, 6) is -2.35. The molecule has 2 aliphatic heterocycles. The number of nitrogens with zero attached hydrogens (tertiary/aromatic N) is 2. The molecule has 2 heterocycles. The summed E-state index contributed by atoms with van der Waals surface area (Å²) in [6.45, 7) is 20.1. The average Bonchev–Trinajstić information content (AvgIpc) is 3.22. The van der Waals surface area contributed by atoms with Crippen LogP contribution in [0, 0.1) is 10.8 Å². The van der Waals surface area contributed by atoms with Crippen LogP contribution in [0.5, 0.6) is 0 Å². The van der Waals surface area contributed by atoms with E-state index in [4.69, 9.17) is 14.2 Å². The van der Waals surface area contributed by atoms with Gasteiger partial charge in [-0.1, -0.05) is 12.2 Å². The molecule has 43 heavy (non-hydrogen) atoms. The van der Waals surface area contributed by atoms with Gasteiger partial charge in [-0.3, -0.25) is 19.4 Å². The second kappa shape index (κ2) is 15.5. The minimum Gasteiger partial charge on any atom is -0.870 e. The van der Waals surface area contributed by atoms with Crippen molar-refractivity contribution in [1.82, 2.24) is 9.80 Å². The number of ether oxygens (including phenoxy) is 3. The summed E-state index contributed by atoms with van der Waals surface area (Å²) in [7, 11) is 1.23. The number of aliphatic carboxylic acids is 1. The first-order valence-corrected chi connectivity index (χ1v) is 13.2. The van der Waals surface area contributed by atoms with E-state index in [1.807, 2.05) is 0 Å². The molecule has 2 fully saturated rings. The van der Waals surface area contributed by atoms with Crippen LogP contribution in [0.25, 0.3) is 0 Å². The molecule has 0 spiro atoms. The SMILES string of the molecule is C=CC[C@]1(C)C(=O)CN(C(=O)OC(C)(C)C)[C@@H]1C(=O)O.C=CC[C@]1(C)C(=O)CN(C(=O)OC(C)(C)C)[C@@H]1C(=O)OC.[Li+].[OH-]. The van der Waals surface area contributed by atoms with Gasteiger partial charge >= 0.3 is 43.0 Å². The molecule has 0 saturated carbocycles. The summed E-state index contributed by atoms with van der Waals surface area (Å²) in [4.78, 5) is 74.4. The van der Waals surface area contributed by atoms with Gasteiger partial charge in [0, 0.05) is 0 Å². The number of methoxy groups -OCH3 is 1. The Bertz CT molecular complexity index is 1090. The zero-order chi connectivity index (χ0) is 32.1. The van der Waals surface area contributed by atoms with Crippen molar-refractivity contribution in [3.8, 4) is 0 Å². The maximum absolute atomic E-state index is 12.3. The molecule has 0 aliphatic carbocycles. The van der Waals surface area contributed by atoms with Gasteiger partial charge in [-0.2, -0.15) is 0 Å². The molecule has 2 N–H and O–H groups in total. The Balaban J connectivity index is 0. The largest absolute Gasteiger partial charge is 1.00 e. The number of hydrogen-bond acceptors (Lipinski definition) is 10. The molecule has 4 atom stereocenters. The van der Waals surface area contributed by atoms with Crippen molar-refractivity contribution in [2.75, 3.05) is 20.2 Å². The Morgan fingerprint density at radius 1 is 0.837 bits per heavy atom. The Morgan fingerprint density at radius 3 is 1.44 bits per heavy atom. The number of ketones is 2. The third-order valence-electron chi connectivity index (χ3n) is 6.78. The molecule has 0 aromatic rings. The molecule has 238 valence electrons. The zero-order valence-corrected chi connectivity index (χ0v) is 27.0. The van der Waals surface area contributed by atoms with Gasteiger partial charge in [0.15, 0.2) is 11.6 Å². The van der Waals surface area contributed by atoms with E-state index in [-0.39, 0.29) is 61.8 Å². The van der Waals surface area contributed by atoms with E-state index in [9.17, 15) is 33.9 Å². The van der Waals surface area contributed by atoms with E-state index < -0.39 is 58.2 Å². The topological polar surface area (TPSA) is 187 Å². The molecular formula is C29H45LiN2O11. The monoisotopic (exact) mass is 604 g/mol. The normalized spacial score (nSPS) is 24.9. The Kier molecular flexibility index (Phi) is 15.2. The van der Waals surface area contributed by atoms with E-state index in [2.05, 4.69) is 13.2 Å². The molecule has 2 saturated heterocycles. The molecule has 0 bridgehead atoms. The number of carbonyl (C=O) groups is 6. The van der Waals surface area contributed by atoms with Crippen molar-refractivity contribution in [3.63, 3.8) is 0 Å². The van der Waals surface area contributed by atoms with Crippen molar-refractivity contribution in [2.24, 2.45) is 10.8 Å². The van der Waals surface area contributed by atoms with Crippen molar-refractivity contribution in [2.45, 2.75) is 91.5 Å². The Hall–Kier alpha value is -3.14. The number of likely N-dealkylation sites (tertiary alicyclic amines) is 2. The first-order valence-electron chi connectivity index (χ1n) is 13.2. The van der Waals surface area contributed by atoms with E-state index in [1.54, 1.807) is 61.5 Å². The molecule has 0 aromatic carbocycles. The van der Waals surface area contributed by atoms with Crippen molar-refractivity contribution in [1.29, 1.82) is 0 Å². The first kappa shape index (κ1) is 42.0. The summed E-state index contributed by atoms with van der Waals surface area (Å²) in [5, 5.41) is 9.37. The summed E-state index contributed by atoms with van der Waals surface area (Å²) >= 11 is 0. The van der Waals surface area contributed by atoms with Gasteiger partial charge < -0.3 is 24.8 Å². The van der Waals surface area contributed by atoms with E-state index in [0.717, 1.165) is 9.80 Å². The molecule has 13 nitrogen and oxygen atoms in total. The van der Waals surface area contributed by atoms with Crippen LogP contribution in [-0.2, 0) is 33.4 Å². The summed E-state index contributed by atoms with van der Waals surface area (Å²) in [6.07, 6.45) is 2.05. The van der Waals surface area contributed by atoms with Gasteiger partial charge in [-0.15, -0.1) is 13.2 Å². The second-order valence-corrected chi connectivity index (χ2v) is 12.5. The molecule has 2 aliphatic rings. The number of rotatable bonds is 6. The van der Waals surface area contributed by atoms with E-state index in [1.165, 1.54) is 13.2 Å². The van der Waals surface area contributed by atoms with Crippen molar-refractivity contribution in [3.05, 3.63) is 25.3 Å². The maximum atomic E-state index is 12.3. The molecule has 2 rings (SSSR count). The molecule has 0 radical (unpaired) electrons. The molecule has 0 aromatic heterocycles. The van der Waals surface area contributed by atoms with Gasteiger partial charge in [0.2, 0.25) is 0 Å². The zero-order valence-electron chi connectivity index (χ0n) is 27.0. The number of Topliss-reactive ketones (excluding diaryl/α,β-unsaturated/α-hetero) is 2. The summed E-state index contributed by atoms with van der Waals surface area (Å²) in [6, 6.07) is -2.23. The molecule has 14 heteroatoms. The Labute approximate surface area is 265 Å². The quantitative estimate of drug-likeness (QED) is 0.194. The number of carboxylic acids is 1. The smallest absolute Gasteiger partial charge is 0.870 e. The number of amides is 2. The van der Waals surface area contributed by atoms with Gasteiger partial charge in [0.25, 0.3) is 0 Å². The summed E-state index contributed by atoms with van der Waals surface area (Å²) < 4.78 is 15.2. The van der Waals surface area contributed by atoms with Gasteiger partial charge in [0.05, 0.1) is 31.0 Å². The average molecular weight is 605 g/mol. The van der Waals surface area contributed by atoms with Crippen LogP contribution in [0.3, 0.4) is 0 Å². The molecule has 0 unspecified atom stereocenters. The van der Waals surface area contributed by atoms with E-state index in [0.29, 0.717) is 0 Å². The minimum atomic E-state index is -1.23.